The molecule has 4 heteroatoms. The molecule has 0 saturated carbocycles. The molecule has 0 unspecified atom stereocenters. The van der Waals surface area contributed by atoms with Gasteiger partial charge in [-0.25, -0.2) is 4.98 Å². The Morgan fingerprint density at radius 3 is 2.39 bits per heavy atom. The van der Waals surface area contributed by atoms with Crippen LogP contribution in [0.4, 0.5) is 5.13 Å². The standard InChI is InChI=1S/C14H18N2OS/c1-14(2,3)16-13-15-12(9-18-13)10-5-7-11(17-4)8-6-10/h5-9H,1-4H3,(H,15,16). The summed E-state index contributed by atoms with van der Waals surface area (Å²) in [7, 11) is 1.67. The molecule has 0 spiro atoms. The second-order valence-electron chi connectivity index (χ2n) is 5.14. The van der Waals surface area contributed by atoms with Crippen molar-refractivity contribution in [1.82, 2.24) is 4.98 Å². The van der Waals surface area contributed by atoms with Crippen LogP contribution in [0, 0.1) is 0 Å². The molecule has 2 aromatic rings. The number of aromatic nitrogens is 1. The number of thiazole rings is 1. The third-order valence-corrected chi connectivity index (χ3v) is 3.13. The van der Waals surface area contributed by atoms with Crippen LogP contribution in [0.2, 0.25) is 0 Å². The number of nitrogens with zero attached hydrogens (tertiary/aromatic N) is 1. The van der Waals surface area contributed by atoms with Gasteiger partial charge in [0.2, 0.25) is 0 Å². The Bertz CT molecular complexity index is 511. The van der Waals surface area contributed by atoms with Gasteiger partial charge >= 0.3 is 0 Å². The predicted octanol–water partition coefficient (Wildman–Crippen LogP) is 4.03. The van der Waals surface area contributed by atoms with E-state index in [0.29, 0.717) is 0 Å². The molecule has 1 heterocycles. The van der Waals surface area contributed by atoms with E-state index in [9.17, 15) is 0 Å². The van der Waals surface area contributed by atoms with E-state index in [0.717, 1.165) is 22.1 Å². The maximum atomic E-state index is 5.15. The number of anilines is 1. The van der Waals surface area contributed by atoms with E-state index in [2.05, 4.69) is 36.5 Å². The van der Waals surface area contributed by atoms with Gasteiger partial charge in [0.05, 0.1) is 12.8 Å². The molecular formula is C14H18N2OS. The van der Waals surface area contributed by atoms with Gasteiger partial charge in [0.15, 0.2) is 5.13 Å². The van der Waals surface area contributed by atoms with Crippen molar-refractivity contribution in [2.45, 2.75) is 26.3 Å². The van der Waals surface area contributed by atoms with E-state index < -0.39 is 0 Å². The van der Waals surface area contributed by atoms with Gasteiger partial charge in [0.25, 0.3) is 0 Å². The Balaban J connectivity index is 2.18. The zero-order chi connectivity index (χ0) is 13.2. The smallest absolute Gasteiger partial charge is 0.183 e. The van der Waals surface area contributed by atoms with Crippen molar-refractivity contribution >= 4 is 16.5 Å². The number of hydrogen-bond donors (Lipinski definition) is 1. The summed E-state index contributed by atoms with van der Waals surface area (Å²) in [6, 6.07) is 7.95. The predicted molar refractivity (Wildman–Crippen MR) is 77.5 cm³/mol. The quantitative estimate of drug-likeness (QED) is 0.906. The molecule has 0 atom stereocenters. The lowest BCUT2D eigenvalue weighted by molar-refractivity contribution is 0.415. The van der Waals surface area contributed by atoms with E-state index in [1.807, 2.05) is 24.3 Å². The monoisotopic (exact) mass is 262 g/mol. The van der Waals surface area contributed by atoms with Gasteiger partial charge in [-0.05, 0) is 45.0 Å². The van der Waals surface area contributed by atoms with E-state index in [1.165, 1.54) is 0 Å². The Hall–Kier alpha value is -1.55. The lowest BCUT2D eigenvalue weighted by atomic mass is 10.1. The highest BCUT2D eigenvalue weighted by molar-refractivity contribution is 7.14. The van der Waals surface area contributed by atoms with Crippen LogP contribution in [0.25, 0.3) is 11.3 Å². The average Bonchev–Trinajstić information content (AvgIpc) is 2.75. The Kier molecular flexibility index (Phi) is 3.57. The van der Waals surface area contributed by atoms with E-state index in [4.69, 9.17) is 4.74 Å². The van der Waals surface area contributed by atoms with Gasteiger partial charge in [0.1, 0.15) is 5.75 Å². The number of nitrogens with one attached hydrogen (secondary N) is 1. The molecule has 0 radical (unpaired) electrons. The van der Waals surface area contributed by atoms with Crippen LogP contribution in [-0.2, 0) is 0 Å². The SMILES string of the molecule is COc1ccc(-c2csc(NC(C)(C)C)n2)cc1. The number of ether oxygens (including phenoxy) is 1. The lowest BCUT2D eigenvalue weighted by Gasteiger charge is -2.19. The topological polar surface area (TPSA) is 34.1 Å². The minimum absolute atomic E-state index is 0.0367. The number of methoxy groups -OCH3 is 1. The molecule has 0 saturated heterocycles. The van der Waals surface area contributed by atoms with Crippen LogP contribution in [0.3, 0.4) is 0 Å². The van der Waals surface area contributed by atoms with Gasteiger partial charge in [-0.1, -0.05) is 0 Å². The van der Waals surface area contributed by atoms with Crippen LogP contribution >= 0.6 is 11.3 Å². The van der Waals surface area contributed by atoms with Crippen molar-refractivity contribution in [3.63, 3.8) is 0 Å². The first kappa shape index (κ1) is 12.9. The maximum Gasteiger partial charge on any atom is 0.183 e. The van der Waals surface area contributed by atoms with Crippen LogP contribution < -0.4 is 10.1 Å². The Morgan fingerprint density at radius 1 is 1.17 bits per heavy atom. The van der Waals surface area contributed by atoms with Crippen molar-refractivity contribution in [3.05, 3.63) is 29.6 Å². The average molecular weight is 262 g/mol. The first-order valence-electron chi connectivity index (χ1n) is 5.86. The molecule has 0 amide bonds. The summed E-state index contributed by atoms with van der Waals surface area (Å²) < 4.78 is 5.15. The summed E-state index contributed by atoms with van der Waals surface area (Å²) in [5.41, 5.74) is 2.14. The molecular weight excluding hydrogens is 244 g/mol. The van der Waals surface area contributed by atoms with Crippen molar-refractivity contribution < 1.29 is 4.74 Å². The van der Waals surface area contributed by atoms with E-state index in [1.54, 1.807) is 18.4 Å². The molecule has 1 aromatic heterocycles. The normalized spacial score (nSPS) is 11.3. The molecule has 0 fully saturated rings. The van der Waals surface area contributed by atoms with Crippen molar-refractivity contribution in [1.29, 1.82) is 0 Å². The Labute approximate surface area is 112 Å². The minimum atomic E-state index is 0.0367. The summed E-state index contributed by atoms with van der Waals surface area (Å²) >= 11 is 1.63. The van der Waals surface area contributed by atoms with E-state index in [-0.39, 0.29) is 5.54 Å². The van der Waals surface area contributed by atoms with Gasteiger partial charge < -0.3 is 10.1 Å². The highest BCUT2D eigenvalue weighted by atomic mass is 32.1. The molecule has 1 aromatic carbocycles. The third kappa shape index (κ3) is 3.23. The second kappa shape index (κ2) is 4.98. The molecule has 0 aliphatic heterocycles. The molecule has 1 N–H and O–H groups in total. The summed E-state index contributed by atoms with van der Waals surface area (Å²) in [5.74, 6) is 0.863. The van der Waals surface area contributed by atoms with Gasteiger partial charge in [-0.15, -0.1) is 11.3 Å². The summed E-state index contributed by atoms with van der Waals surface area (Å²) in [5, 5.41) is 6.39. The van der Waals surface area contributed by atoms with Crippen LogP contribution in [0.15, 0.2) is 29.6 Å². The molecule has 0 aliphatic rings. The zero-order valence-corrected chi connectivity index (χ0v) is 12.0. The van der Waals surface area contributed by atoms with Crippen molar-refractivity contribution in [3.8, 4) is 17.0 Å². The molecule has 96 valence electrons. The summed E-state index contributed by atoms with van der Waals surface area (Å²) in [4.78, 5) is 4.59. The summed E-state index contributed by atoms with van der Waals surface area (Å²) in [6.45, 7) is 6.38. The number of benzene rings is 1. The van der Waals surface area contributed by atoms with Gasteiger partial charge in [-0.3, -0.25) is 0 Å². The molecule has 18 heavy (non-hydrogen) atoms. The highest BCUT2D eigenvalue weighted by Gasteiger charge is 2.12. The second-order valence-corrected chi connectivity index (χ2v) is 6.00. The first-order chi connectivity index (χ1) is 8.48. The Morgan fingerprint density at radius 2 is 1.83 bits per heavy atom. The van der Waals surface area contributed by atoms with Crippen LogP contribution in [-0.4, -0.2) is 17.6 Å². The number of rotatable bonds is 3. The first-order valence-corrected chi connectivity index (χ1v) is 6.74. The largest absolute Gasteiger partial charge is 0.497 e. The van der Waals surface area contributed by atoms with Crippen molar-refractivity contribution in [2.24, 2.45) is 0 Å². The third-order valence-electron chi connectivity index (χ3n) is 2.37. The molecule has 0 bridgehead atoms. The molecule has 3 nitrogen and oxygen atoms in total. The lowest BCUT2D eigenvalue weighted by Crippen LogP contribution is -2.25. The highest BCUT2D eigenvalue weighted by Crippen LogP contribution is 2.27. The van der Waals surface area contributed by atoms with Crippen LogP contribution in [0.5, 0.6) is 5.75 Å². The summed E-state index contributed by atoms with van der Waals surface area (Å²) in [6.07, 6.45) is 0. The fraction of sp³-hybridized carbons (Fsp3) is 0.357. The maximum absolute atomic E-state index is 5.15. The molecule has 0 aliphatic carbocycles. The zero-order valence-electron chi connectivity index (χ0n) is 11.2. The van der Waals surface area contributed by atoms with Gasteiger partial charge in [0, 0.05) is 16.5 Å². The van der Waals surface area contributed by atoms with Gasteiger partial charge in [-0.2, -0.15) is 0 Å². The fourth-order valence-electron chi connectivity index (χ4n) is 1.55. The van der Waals surface area contributed by atoms with Crippen molar-refractivity contribution in [2.75, 3.05) is 12.4 Å². The molecule has 2 rings (SSSR count). The van der Waals surface area contributed by atoms with Crippen LogP contribution in [0.1, 0.15) is 20.8 Å². The minimum Gasteiger partial charge on any atom is -0.497 e. The van der Waals surface area contributed by atoms with E-state index >= 15 is 0 Å². The number of hydrogen-bond acceptors (Lipinski definition) is 4. The fourth-order valence-corrected chi connectivity index (χ4v) is 2.47.